The smallest absolute Gasteiger partial charge is 0.407 e. The Morgan fingerprint density at radius 3 is 1.97 bits per heavy atom. The lowest BCUT2D eigenvalue weighted by atomic mass is 9.76. The van der Waals surface area contributed by atoms with Crippen LogP contribution in [0.5, 0.6) is 0 Å². The first-order chi connectivity index (χ1) is 17.0. The molecule has 0 aromatic heterocycles. The molecule has 14 heteroatoms. The first-order valence-corrected chi connectivity index (χ1v) is 13.9. The fourth-order valence-corrected chi connectivity index (χ4v) is 5.58. The molecule has 3 aliphatic rings. The van der Waals surface area contributed by atoms with Gasteiger partial charge < -0.3 is 29.6 Å². The Morgan fingerprint density at radius 2 is 1.47 bits per heavy atom. The van der Waals surface area contributed by atoms with Crippen molar-refractivity contribution in [1.82, 2.24) is 15.5 Å². The summed E-state index contributed by atoms with van der Waals surface area (Å²) in [6, 6.07) is -0.0702. The molecular weight excluding hydrogens is 507 g/mol. The molecule has 2 saturated carbocycles. The average molecular weight is 543 g/mol. The minimum Gasteiger partial charge on any atom is -0.743 e. The van der Waals surface area contributed by atoms with Crippen molar-refractivity contribution in [2.24, 2.45) is 11.8 Å². The summed E-state index contributed by atoms with van der Waals surface area (Å²) in [5, 5.41) is 0.458. The number of ether oxygens (including phenoxy) is 2. The molecule has 0 aromatic rings. The minimum absolute atomic E-state index is 0.0164. The second-order valence-corrected chi connectivity index (χ2v) is 11.4. The molecule has 2 N–H and O–H groups in total. The van der Waals surface area contributed by atoms with Crippen LogP contribution in [0, 0.1) is 11.8 Å². The quantitative estimate of drug-likeness (QED) is 0.450. The van der Waals surface area contributed by atoms with Crippen LogP contribution in [0.3, 0.4) is 0 Å². The van der Waals surface area contributed by atoms with Crippen LogP contribution in [-0.2, 0) is 19.6 Å². The van der Waals surface area contributed by atoms with Gasteiger partial charge in [0.1, 0.15) is 6.61 Å². The number of nitrogens with zero attached hydrogens (tertiary/aromatic N) is 1. The molecule has 0 aromatic carbocycles. The number of rotatable bonds is 8. The van der Waals surface area contributed by atoms with E-state index in [1.54, 1.807) is 4.90 Å². The molecule has 0 spiro atoms. The van der Waals surface area contributed by atoms with Gasteiger partial charge in [0, 0.05) is 25.2 Å². The molecule has 3 amide bonds. The Labute approximate surface area is 209 Å². The maximum atomic E-state index is 13.4. The highest BCUT2D eigenvalue weighted by Crippen LogP contribution is 2.35. The Bertz CT molecular complexity index is 842. The van der Waals surface area contributed by atoms with E-state index < -0.39 is 34.2 Å². The van der Waals surface area contributed by atoms with Gasteiger partial charge in [-0.2, -0.15) is 8.78 Å². The summed E-state index contributed by atoms with van der Waals surface area (Å²) in [6.07, 6.45) is 3.57. The van der Waals surface area contributed by atoms with E-state index in [-0.39, 0.29) is 18.1 Å². The first kappa shape index (κ1) is 28.8. The van der Waals surface area contributed by atoms with Gasteiger partial charge in [-0.1, -0.05) is 0 Å². The fourth-order valence-electron chi connectivity index (χ4n) is 5.20. The van der Waals surface area contributed by atoms with Crippen LogP contribution in [-0.4, -0.2) is 86.4 Å². The van der Waals surface area contributed by atoms with Gasteiger partial charge in [-0.15, -0.1) is 0 Å². The number of morpholine rings is 1. The average Bonchev–Trinajstić information content (AvgIpc) is 2.84. The van der Waals surface area contributed by atoms with E-state index >= 15 is 0 Å². The molecule has 2 aliphatic carbocycles. The third kappa shape index (κ3) is 8.10. The highest BCUT2D eigenvalue weighted by atomic mass is 32.2. The van der Waals surface area contributed by atoms with Crippen molar-refractivity contribution in [3.8, 4) is 0 Å². The van der Waals surface area contributed by atoms with Crippen LogP contribution in [0.25, 0.3) is 0 Å². The number of carbonyl (C=O) groups excluding carboxylic acids is 2. The van der Waals surface area contributed by atoms with E-state index in [1.807, 2.05) is 0 Å². The van der Waals surface area contributed by atoms with Gasteiger partial charge >= 0.3 is 17.4 Å². The third-order valence-electron chi connectivity index (χ3n) is 7.37. The van der Waals surface area contributed by atoms with Crippen LogP contribution >= 0.6 is 0 Å². The Hall–Kier alpha value is -1.80. The molecule has 1 aliphatic heterocycles. The molecular formula is C22H35F3N3O7S-. The molecule has 3 fully saturated rings. The monoisotopic (exact) mass is 542 g/mol. The summed E-state index contributed by atoms with van der Waals surface area (Å²) < 4.78 is 80.5. The molecule has 1 saturated heterocycles. The van der Waals surface area contributed by atoms with Crippen molar-refractivity contribution in [3.63, 3.8) is 0 Å². The Morgan fingerprint density at radius 1 is 0.972 bits per heavy atom. The maximum Gasteiger partial charge on any atom is 0.407 e. The number of urea groups is 1. The molecule has 0 radical (unpaired) electrons. The van der Waals surface area contributed by atoms with Crippen molar-refractivity contribution < 1.29 is 45.2 Å². The predicted molar refractivity (Wildman–Crippen MR) is 121 cm³/mol. The normalized spacial score (nSPS) is 28.7. The van der Waals surface area contributed by atoms with Gasteiger partial charge in [0.05, 0.1) is 13.2 Å². The molecule has 1 unspecified atom stereocenters. The SMILES string of the molecule is O=C(NC1CCC(CC2CCC(NC(=O)N3CCOCC3)CC2)CC1)OCC(F)C(F)(F)S(=O)(=O)[O-]. The number of alkyl carbamates (subject to hydrolysis) is 1. The number of alkyl halides is 3. The van der Waals surface area contributed by atoms with E-state index in [1.165, 1.54) is 0 Å². The van der Waals surface area contributed by atoms with Gasteiger partial charge in [-0.25, -0.2) is 22.4 Å². The lowest BCUT2D eigenvalue weighted by Crippen LogP contribution is -2.49. The number of amides is 3. The van der Waals surface area contributed by atoms with Crippen molar-refractivity contribution in [1.29, 1.82) is 0 Å². The molecule has 3 rings (SSSR count). The van der Waals surface area contributed by atoms with Gasteiger partial charge in [-0.05, 0) is 69.6 Å². The van der Waals surface area contributed by atoms with Crippen LogP contribution in [0.4, 0.5) is 22.8 Å². The van der Waals surface area contributed by atoms with Crippen molar-refractivity contribution in [2.75, 3.05) is 32.9 Å². The summed E-state index contributed by atoms with van der Waals surface area (Å²) in [5.41, 5.74) is 0. The number of halogens is 3. The molecule has 1 heterocycles. The molecule has 1 atom stereocenters. The number of hydrogen-bond acceptors (Lipinski definition) is 7. The third-order valence-corrected chi connectivity index (χ3v) is 8.29. The summed E-state index contributed by atoms with van der Waals surface area (Å²) in [7, 11) is -6.20. The zero-order chi connectivity index (χ0) is 26.3. The van der Waals surface area contributed by atoms with Crippen LogP contribution in [0.2, 0.25) is 0 Å². The van der Waals surface area contributed by atoms with E-state index in [0.717, 1.165) is 44.9 Å². The molecule has 10 nitrogen and oxygen atoms in total. The zero-order valence-electron chi connectivity index (χ0n) is 20.1. The summed E-state index contributed by atoms with van der Waals surface area (Å²) in [4.78, 5) is 25.9. The maximum absolute atomic E-state index is 13.4. The molecule has 36 heavy (non-hydrogen) atoms. The highest BCUT2D eigenvalue weighted by molar-refractivity contribution is 7.86. The Kier molecular flexibility index (Phi) is 10.1. The van der Waals surface area contributed by atoms with Crippen LogP contribution in [0.1, 0.15) is 57.8 Å². The van der Waals surface area contributed by atoms with Crippen LogP contribution < -0.4 is 10.6 Å². The number of hydrogen-bond donors (Lipinski definition) is 2. The second-order valence-electron chi connectivity index (χ2n) is 9.95. The highest BCUT2D eigenvalue weighted by Gasteiger charge is 2.48. The Balaban J connectivity index is 1.29. The number of carbonyl (C=O) groups is 2. The topological polar surface area (TPSA) is 137 Å². The standard InChI is InChI=1S/C22H36F3N3O7S/c23-19(22(24,25)36(31,32)33)14-35-21(30)27-18-7-3-16(4-8-18)13-15-1-5-17(6-2-15)26-20(29)28-9-11-34-12-10-28/h15-19H,1-14H2,(H,26,29)(H,27,30)(H,31,32,33)/p-1. The minimum atomic E-state index is -6.20. The van der Waals surface area contributed by atoms with E-state index in [9.17, 15) is 35.7 Å². The number of nitrogens with one attached hydrogen (secondary N) is 2. The summed E-state index contributed by atoms with van der Waals surface area (Å²) in [6.45, 7) is 0.852. The zero-order valence-corrected chi connectivity index (χ0v) is 20.9. The van der Waals surface area contributed by atoms with Gasteiger partial charge in [0.25, 0.3) is 0 Å². The predicted octanol–water partition coefficient (Wildman–Crippen LogP) is 2.74. The molecule has 0 bridgehead atoms. The molecule has 208 valence electrons. The lowest BCUT2D eigenvalue weighted by molar-refractivity contribution is -0.0313. The van der Waals surface area contributed by atoms with E-state index in [4.69, 9.17) is 4.74 Å². The first-order valence-electron chi connectivity index (χ1n) is 12.5. The van der Waals surface area contributed by atoms with Crippen molar-refractivity contribution >= 4 is 22.2 Å². The largest absolute Gasteiger partial charge is 0.743 e. The lowest BCUT2D eigenvalue weighted by Gasteiger charge is -2.35. The van der Waals surface area contributed by atoms with E-state index in [0.29, 0.717) is 51.0 Å². The van der Waals surface area contributed by atoms with Crippen LogP contribution in [0.15, 0.2) is 0 Å². The second kappa shape index (κ2) is 12.6. The van der Waals surface area contributed by atoms with Crippen molar-refractivity contribution in [3.05, 3.63) is 0 Å². The van der Waals surface area contributed by atoms with Gasteiger partial charge in [0.2, 0.25) is 6.17 Å². The summed E-state index contributed by atoms with van der Waals surface area (Å²) >= 11 is 0. The van der Waals surface area contributed by atoms with E-state index in [2.05, 4.69) is 15.4 Å². The summed E-state index contributed by atoms with van der Waals surface area (Å²) in [5.74, 6) is 1.08. The fraction of sp³-hybridized carbons (Fsp3) is 0.909. The van der Waals surface area contributed by atoms with Gasteiger partial charge in [-0.3, -0.25) is 0 Å². The van der Waals surface area contributed by atoms with Crippen molar-refractivity contribution in [2.45, 2.75) is 81.3 Å². The van der Waals surface area contributed by atoms with Gasteiger partial charge in [0.15, 0.2) is 10.1 Å².